The number of nitrogens with two attached hydrogens (primary N) is 1. The first-order valence-electron chi connectivity index (χ1n) is 11.1. The molecule has 0 aromatic carbocycles. The Hall–Kier alpha value is -4.01. The number of aromatic amines is 1. The summed E-state index contributed by atoms with van der Waals surface area (Å²) in [6.07, 6.45) is 1.16. The Balaban J connectivity index is 2.94. The van der Waals surface area contributed by atoms with Crippen LogP contribution < -0.4 is 21.7 Å². The molecule has 0 saturated carbocycles. The van der Waals surface area contributed by atoms with Gasteiger partial charge >= 0.3 is 17.9 Å². The number of rotatable bonds is 16. The zero-order chi connectivity index (χ0) is 27.4. The fourth-order valence-electron chi connectivity index (χ4n) is 3.12. The molecule has 1 aromatic heterocycles. The van der Waals surface area contributed by atoms with Gasteiger partial charge in [0, 0.05) is 31.2 Å². The van der Waals surface area contributed by atoms with Crippen LogP contribution in [-0.4, -0.2) is 85.1 Å². The van der Waals surface area contributed by atoms with E-state index < -0.39 is 85.0 Å². The molecular formula is C21H32N6O9. The zero-order valence-electron chi connectivity index (χ0n) is 19.9. The van der Waals surface area contributed by atoms with Crippen LogP contribution in [0.3, 0.4) is 0 Å². The van der Waals surface area contributed by atoms with Gasteiger partial charge in [-0.2, -0.15) is 0 Å². The normalized spacial score (nSPS) is 14.2. The molecule has 9 N–H and O–H groups in total. The van der Waals surface area contributed by atoms with Gasteiger partial charge in [0.05, 0.1) is 12.4 Å². The van der Waals surface area contributed by atoms with Crippen LogP contribution in [0.4, 0.5) is 0 Å². The maximum absolute atomic E-state index is 12.9. The van der Waals surface area contributed by atoms with E-state index in [-0.39, 0.29) is 12.8 Å². The Morgan fingerprint density at radius 1 is 0.889 bits per heavy atom. The lowest BCUT2D eigenvalue weighted by atomic mass is 10.0. The van der Waals surface area contributed by atoms with Crippen LogP contribution in [0.15, 0.2) is 12.5 Å². The molecule has 3 amide bonds. The lowest BCUT2D eigenvalue weighted by Crippen LogP contribution is -2.58. The summed E-state index contributed by atoms with van der Waals surface area (Å²) in [7, 11) is 0. The molecule has 0 aliphatic rings. The first-order valence-corrected chi connectivity index (χ1v) is 11.1. The van der Waals surface area contributed by atoms with Crippen molar-refractivity contribution in [3.05, 3.63) is 18.2 Å². The van der Waals surface area contributed by atoms with E-state index in [2.05, 4.69) is 25.9 Å². The van der Waals surface area contributed by atoms with Gasteiger partial charge in [-0.25, -0.2) is 9.78 Å². The maximum Gasteiger partial charge on any atom is 0.326 e. The van der Waals surface area contributed by atoms with Gasteiger partial charge in [-0.3, -0.25) is 24.0 Å². The standard InChI is InChI=1S/C21H32N6O9/c1-10(2)17(27-18(32)12(22)7-11-8-23-9-24-11)20(34)25-13(3-5-15(28)29)19(33)26-14(21(35)36)4-6-16(30)31/h8-10,12-14,17H,3-7,22H2,1-2H3,(H,23,24)(H,25,34)(H,26,33)(H,27,32)(H,28,29)(H,30,31)(H,35,36). The third kappa shape index (κ3) is 10.5. The van der Waals surface area contributed by atoms with Crippen LogP contribution in [0.5, 0.6) is 0 Å². The Kier molecular flexibility index (Phi) is 12.0. The minimum atomic E-state index is -1.57. The summed E-state index contributed by atoms with van der Waals surface area (Å²) >= 11 is 0. The number of carbonyl (C=O) groups is 6. The molecule has 0 fully saturated rings. The summed E-state index contributed by atoms with van der Waals surface area (Å²) in [5, 5.41) is 34.0. The number of aliphatic carboxylic acids is 3. The number of carboxylic acid groups (broad SMARTS) is 3. The highest BCUT2D eigenvalue weighted by Gasteiger charge is 2.32. The Labute approximate surface area is 206 Å². The van der Waals surface area contributed by atoms with Crippen molar-refractivity contribution in [2.24, 2.45) is 11.7 Å². The molecule has 4 atom stereocenters. The van der Waals surface area contributed by atoms with Gasteiger partial charge in [-0.15, -0.1) is 0 Å². The number of nitrogens with one attached hydrogen (secondary N) is 4. The van der Waals surface area contributed by atoms with Crippen molar-refractivity contribution in [2.45, 2.75) is 70.1 Å². The minimum absolute atomic E-state index is 0.120. The van der Waals surface area contributed by atoms with E-state index in [4.69, 9.17) is 15.9 Å². The molecule has 0 radical (unpaired) electrons. The summed E-state index contributed by atoms with van der Waals surface area (Å²) in [5.74, 6) is -6.95. The summed E-state index contributed by atoms with van der Waals surface area (Å²) in [6, 6.07) is -5.19. The van der Waals surface area contributed by atoms with Gasteiger partial charge in [-0.1, -0.05) is 13.8 Å². The van der Waals surface area contributed by atoms with E-state index in [1.165, 1.54) is 12.5 Å². The van der Waals surface area contributed by atoms with Crippen molar-refractivity contribution in [1.29, 1.82) is 0 Å². The Morgan fingerprint density at radius 2 is 1.44 bits per heavy atom. The van der Waals surface area contributed by atoms with Gasteiger partial charge < -0.3 is 42.0 Å². The summed E-state index contributed by atoms with van der Waals surface area (Å²) in [4.78, 5) is 78.0. The molecule has 15 heteroatoms. The van der Waals surface area contributed by atoms with Crippen LogP contribution in [-0.2, 0) is 35.2 Å². The number of imidazole rings is 1. The molecule has 1 aromatic rings. The number of nitrogens with zero attached hydrogens (tertiary/aromatic N) is 1. The van der Waals surface area contributed by atoms with Gasteiger partial charge in [0.1, 0.15) is 18.1 Å². The highest BCUT2D eigenvalue weighted by Crippen LogP contribution is 2.08. The SMILES string of the molecule is CC(C)C(NC(=O)C(N)Cc1cnc[nH]1)C(=O)NC(CCC(=O)O)C(=O)NC(CCC(=O)O)C(=O)O. The van der Waals surface area contributed by atoms with E-state index in [9.17, 15) is 33.9 Å². The van der Waals surface area contributed by atoms with Gasteiger partial charge in [-0.05, 0) is 18.8 Å². The van der Waals surface area contributed by atoms with Crippen LogP contribution in [0.1, 0.15) is 45.2 Å². The number of H-pyrrole nitrogens is 1. The molecule has 0 aliphatic heterocycles. The van der Waals surface area contributed by atoms with Crippen LogP contribution >= 0.6 is 0 Å². The molecule has 1 heterocycles. The van der Waals surface area contributed by atoms with Crippen LogP contribution in [0.25, 0.3) is 0 Å². The molecule has 1 rings (SSSR count). The molecular weight excluding hydrogens is 480 g/mol. The molecule has 0 aliphatic carbocycles. The van der Waals surface area contributed by atoms with Crippen molar-refractivity contribution >= 4 is 35.6 Å². The quantitative estimate of drug-likeness (QED) is 0.123. The van der Waals surface area contributed by atoms with E-state index in [0.29, 0.717) is 5.69 Å². The summed E-state index contributed by atoms with van der Waals surface area (Å²) in [5.41, 5.74) is 6.50. The fraction of sp³-hybridized carbons (Fsp3) is 0.571. The predicted molar refractivity (Wildman–Crippen MR) is 122 cm³/mol. The Morgan fingerprint density at radius 3 is 1.92 bits per heavy atom. The first kappa shape index (κ1) is 30.0. The van der Waals surface area contributed by atoms with Crippen LogP contribution in [0.2, 0.25) is 0 Å². The molecule has 4 unspecified atom stereocenters. The van der Waals surface area contributed by atoms with Gasteiger partial charge in [0.25, 0.3) is 0 Å². The number of carboxylic acids is 3. The minimum Gasteiger partial charge on any atom is -0.481 e. The zero-order valence-corrected chi connectivity index (χ0v) is 19.9. The highest BCUT2D eigenvalue weighted by atomic mass is 16.4. The van der Waals surface area contributed by atoms with Crippen molar-refractivity contribution < 1.29 is 44.1 Å². The molecule has 0 spiro atoms. The second kappa shape index (κ2) is 14.4. The largest absolute Gasteiger partial charge is 0.481 e. The molecule has 15 nitrogen and oxygen atoms in total. The average molecular weight is 513 g/mol. The predicted octanol–water partition coefficient (Wildman–Crippen LogP) is -1.80. The second-order valence-electron chi connectivity index (χ2n) is 8.44. The summed E-state index contributed by atoms with van der Waals surface area (Å²) < 4.78 is 0. The van der Waals surface area contributed by atoms with Gasteiger partial charge in [0.2, 0.25) is 17.7 Å². The second-order valence-corrected chi connectivity index (χ2v) is 8.44. The molecule has 0 saturated heterocycles. The third-order valence-corrected chi connectivity index (χ3v) is 5.12. The fourth-order valence-corrected chi connectivity index (χ4v) is 3.12. The molecule has 200 valence electrons. The number of hydrogen-bond donors (Lipinski definition) is 8. The van der Waals surface area contributed by atoms with Crippen molar-refractivity contribution in [1.82, 2.24) is 25.9 Å². The lowest BCUT2D eigenvalue weighted by Gasteiger charge is -2.26. The number of aromatic nitrogens is 2. The van der Waals surface area contributed by atoms with Crippen LogP contribution in [0, 0.1) is 5.92 Å². The first-order chi connectivity index (χ1) is 16.8. The molecule has 0 bridgehead atoms. The highest BCUT2D eigenvalue weighted by molar-refractivity contribution is 5.94. The van der Waals surface area contributed by atoms with E-state index >= 15 is 0 Å². The smallest absolute Gasteiger partial charge is 0.326 e. The van der Waals surface area contributed by atoms with Crippen molar-refractivity contribution in [2.75, 3.05) is 0 Å². The maximum atomic E-state index is 12.9. The Bertz CT molecular complexity index is 934. The van der Waals surface area contributed by atoms with E-state index in [0.717, 1.165) is 0 Å². The monoisotopic (exact) mass is 512 g/mol. The van der Waals surface area contributed by atoms with Gasteiger partial charge in [0.15, 0.2) is 0 Å². The van der Waals surface area contributed by atoms with E-state index in [1.807, 2.05) is 0 Å². The number of amides is 3. The lowest BCUT2D eigenvalue weighted by molar-refractivity contribution is -0.144. The van der Waals surface area contributed by atoms with Crippen molar-refractivity contribution in [3.63, 3.8) is 0 Å². The topological polar surface area (TPSA) is 254 Å². The number of hydrogen-bond acceptors (Lipinski definition) is 8. The van der Waals surface area contributed by atoms with Crippen molar-refractivity contribution in [3.8, 4) is 0 Å². The number of carbonyl (C=O) groups excluding carboxylic acids is 3. The molecule has 36 heavy (non-hydrogen) atoms. The average Bonchev–Trinajstić information content (AvgIpc) is 3.29. The van der Waals surface area contributed by atoms with E-state index in [1.54, 1.807) is 13.8 Å². The third-order valence-electron chi connectivity index (χ3n) is 5.12. The summed E-state index contributed by atoms with van der Waals surface area (Å²) in [6.45, 7) is 3.26.